The molecule has 1 aromatic carbocycles. The third-order valence-corrected chi connectivity index (χ3v) is 6.77. The summed E-state index contributed by atoms with van der Waals surface area (Å²) in [7, 11) is -4.22. The van der Waals surface area contributed by atoms with Gasteiger partial charge in [0.2, 0.25) is 5.96 Å². The van der Waals surface area contributed by atoms with Crippen LogP contribution in [0.5, 0.6) is 0 Å². The van der Waals surface area contributed by atoms with E-state index in [1.165, 1.54) is 36.4 Å². The zero-order chi connectivity index (χ0) is 27.4. The minimum atomic E-state index is -5.07. The number of pyridine rings is 1. The number of carbonyl (C=O) groups is 1. The van der Waals surface area contributed by atoms with E-state index >= 15 is 0 Å². The van der Waals surface area contributed by atoms with Crippen molar-refractivity contribution in [2.75, 3.05) is 24.7 Å². The Kier molecular flexibility index (Phi) is 8.66. The second-order valence-electron chi connectivity index (χ2n) is 7.60. The predicted octanol–water partition coefficient (Wildman–Crippen LogP) is 4.01. The summed E-state index contributed by atoms with van der Waals surface area (Å²) in [6, 6.07) is 10.9. The summed E-state index contributed by atoms with van der Waals surface area (Å²) in [5.74, 6) is -7.47. The fraction of sp³-hybridized carbons (Fsp3) is 0.286. The molecule has 194 valence electrons. The van der Waals surface area contributed by atoms with E-state index in [0.717, 1.165) is 13.1 Å². The summed E-state index contributed by atoms with van der Waals surface area (Å²) in [5.41, 5.74) is 0.105. The number of terminal acetylenes is 1. The lowest BCUT2D eigenvalue weighted by molar-refractivity contribution is -0.106. The molecule has 1 amide bonds. The highest BCUT2D eigenvalue weighted by Crippen LogP contribution is 2.28. The second kappa shape index (κ2) is 10.8. The van der Waals surface area contributed by atoms with Crippen LogP contribution >= 0.6 is 11.6 Å². The molecule has 0 saturated heterocycles. The number of nitrogens with one attached hydrogen (secondary N) is 2. The molecule has 0 spiro atoms. The van der Waals surface area contributed by atoms with Gasteiger partial charge in [0, 0.05) is 23.6 Å². The SMILES string of the molecule is C#C[N+](C)(c1cccc(NC(=NCC(C)(F)F)NC(=O)c2ccc(Cl)cc2)n1)S(=O)(=O)CC(F)(F)F. The Bertz CT molecular complexity index is 1290. The van der Waals surface area contributed by atoms with Gasteiger partial charge in [-0.1, -0.05) is 28.0 Å². The number of benzene rings is 1. The molecule has 1 aromatic heterocycles. The average Bonchev–Trinajstić information content (AvgIpc) is 2.75. The summed E-state index contributed by atoms with van der Waals surface area (Å²) in [6.07, 6.45) is 0.206. The van der Waals surface area contributed by atoms with Crippen molar-refractivity contribution in [3.63, 3.8) is 0 Å². The monoisotopic (exact) mass is 552 g/mol. The van der Waals surface area contributed by atoms with E-state index in [9.17, 15) is 35.2 Å². The first-order valence-corrected chi connectivity index (χ1v) is 11.8. The van der Waals surface area contributed by atoms with Crippen LogP contribution in [0.15, 0.2) is 47.5 Å². The van der Waals surface area contributed by atoms with Gasteiger partial charge in [0.25, 0.3) is 17.6 Å². The smallest absolute Gasteiger partial charge is 0.310 e. The predicted molar refractivity (Wildman–Crippen MR) is 126 cm³/mol. The molecule has 2 N–H and O–H groups in total. The summed E-state index contributed by atoms with van der Waals surface area (Å²) in [6.45, 7) is -0.455. The minimum Gasteiger partial charge on any atom is -0.310 e. The average molecular weight is 553 g/mol. The van der Waals surface area contributed by atoms with E-state index in [1.807, 2.05) is 0 Å². The van der Waals surface area contributed by atoms with Crippen molar-refractivity contribution in [3.05, 3.63) is 53.1 Å². The van der Waals surface area contributed by atoms with Gasteiger partial charge in [-0.3, -0.25) is 10.1 Å². The molecule has 0 radical (unpaired) electrons. The number of sulfonamides is 1. The standard InChI is InChI=1S/C21H19ClF5N5O3S/c1-4-32(3,36(34,35)13-21(25,26)27)17-7-5-6-16(29-17)30-19(28-12-20(2,23)24)31-18(33)14-8-10-15(22)11-9-14/h1,5-11H,12-13H2,2-3H3,(H-,28,29,30,31,33)/p+1. The van der Waals surface area contributed by atoms with Gasteiger partial charge in [-0.05, 0) is 30.3 Å². The van der Waals surface area contributed by atoms with Crippen LogP contribution in [-0.4, -0.2) is 56.7 Å². The molecule has 0 aliphatic carbocycles. The Labute approximate surface area is 208 Å². The van der Waals surface area contributed by atoms with Crippen molar-refractivity contribution >= 4 is 45.1 Å². The van der Waals surface area contributed by atoms with Gasteiger partial charge in [0.15, 0.2) is 11.8 Å². The lowest BCUT2D eigenvalue weighted by Crippen LogP contribution is -2.50. The molecule has 8 nitrogen and oxygen atoms in total. The lowest BCUT2D eigenvalue weighted by atomic mass is 10.2. The van der Waals surface area contributed by atoms with Crippen molar-refractivity contribution in [2.24, 2.45) is 4.99 Å². The van der Waals surface area contributed by atoms with E-state index in [4.69, 9.17) is 18.0 Å². The number of aliphatic imine (C=N–C) groups is 1. The Balaban J connectivity index is 2.41. The Hall–Kier alpha value is -3.28. The molecular weight excluding hydrogens is 533 g/mol. The second-order valence-corrected chi connectivity index (χ2v) is 10.2. The molecule has 1 heterocycles. The molecule has 15 heteroatoms. The van der Waals surface area contributed by atoms with Gasteiger partial charge >= 0.3 is 16.2 Å². The quantitative estimate of drug-likeness (QED) is 0.178. The maximum atomic E-state index is 13.4. The largest absolute Gasteiger partial charge is 0.408 e. The highest BCUT2D eigenvalue weighted by Gasteiger charge is 2.48. The van der Waals surface area contributed by atoms with Gasteiger partial charge < -0.3 is 5.32 Å². The summed E-state index contributed by atoms with van der Waals surface area (Å²) in [5, 5.41) is 5.08. The third-order valence-electron chi connectivity index (χ3n) is 4.42. The number of aromatic nitrogens is 1. The minimum absolute atomic E-state index is 0.105. The highest BCUT2D eigenvalue weighted by atomic mass is 35.5. The van der Waals surface area contributed by atoms with Gasteiger partial charge in [0.05, 0.1) is 0 Å². The number of halogens is 6. The van der Waals surface area contributed by atoms with Crippen LogP contribution in [0.1, 0.15) is 17.3 Å². The summed E-state index contributed by atoms with van der Waals surface area (Å²) < 4.78 is 88.5. The number of amides is 1. The molecule has 1 atom stereocenters. The molecule has 2 aromatic rings. The molecule has 0 bridgehead atoms. The molecule has 2 rings (SSSR count). The maximum Gasteiger partial charge on any atom is 0.408 e. The fourth-order valence-corrected chi connectivity index (χ4v) is 3.93. The van der Waals surface area contributed by atoms with E-state index in [-0.39, 0.29) is 11.4 Å². The van der Waals surface area contributed by atoms with E-state index < -0.39 is 56.0 Å². The molecule has 0 aliphatic heterocycles. The van der Waals surface area contributed by atoms with Crippen LogP contribution < -0.4 is 14.5 Å². The van der Waals surface area contributed by atoms with Crippen molar-refractivity contribution < 1.29 is 35.2 Å². The van der Waals surface area contributed by atoms with E-state index in [0.29, 0.717) is 11.9 Å². The first-order chi connectivity index (χ1) is 16.5. The Morgan fingerprint density at radius 3 is 2.31 bits per heavy atom. The van der Waals surface area contributed by atoms with Gasteiger partial charge in [-0.25, -0.2) is 13.8 Å². The third kappa shape index (κ3) is 7.87. The van der Waals surface area contributed by atoms with E-state index in [2.05, 4.69) is 20.6 Å². The zero-order valence-corrected chi connectivity index (χ0v) is 20.3. The zero-order valence-electron chi connectivity index (χ0n) is 18.8. The number of alkyl halides is 5. The fourth-order valence-electron chi connectivity index (χ4n) is 2.59. The number of hydrogen-bond acceptors (Lipinski definition) is 5. The highest BCUT2D eigenvalue weighted by molar-refractivity contribution is 7.91. The van der Waals surface area contributed by atoms with Crippen LogP contribution in [0, 0.1) is 12.5 Å². The lowest BCUT2D eigenvalue weighted by Gasteiger charge is -2.25. The first-order valence-electron chi connectivity index (χ1n) is 9.84. The number of guanidine groups is 1. The van der Waals surface area contributed by atoms with Crippen LogP contribution in [-0.2, 0) is 10.0 Å². The van der Waals surface area contributed by atoms with E-state index in [1.54, 1.807) is 6.04 Å². The van der Waals surface area contributed by atoms with Crippen molar-refractivity contribution in [2.45, 2.75) is 19.0 Å². The number of hydrogen-bond donors (Lipinski definition) is 2. The number of quaternary nitrogens is 1. The number of anilines is 1. The molecule has 0 saturated carbocycles. The van der Waals surface area contributed by atoms with Gasteiger partial charge in [-0.2, -0.15) is 26.6 Å². The van der Waals surface area contributed by atoms with Gasteiger partial charge in [0.1, 0.15) is 19.4 Å². The Morgan fingerprint density at radius 1 is 1.17 bits per heavy atom. The molecular formula is C21H20ClF5N5O3S+. The van der Waals surface area contributed by atoms with Crippen LogP contribution in [0.25, 0.3) is 0 Å². The topological polar surface area (TPSA) is 101 Å². The van der Waals surface area contributed by atoms with Crippen molar-refractivity contribution in [3.8, 4) is 12.5 Å². The molecule has 36 heavy (non-hydrogen) atoms. The van der Waals surface area contributed by atoms with Crippen LogP contribution in [0.3, 0.4) is 0 Å². The van der Waals surface area contributed by atoms with Crippen LogP contribution in [0.2, 0.25) is 5.02 Å². The number of rotatable bonds is 7. The van der Waals surface area contributed by atoms with Gasteiger partial charge in [-0.15, -0.1) is 0 Å². The van der Waals surface area contributed by atoms with Crippen molar-refractivity contribution in [1.29, 1.82) is 0 Å². The Morgan fingerprint density at radius 2 is 1.78 bits per heavy atom. The molecule has 0 aliphatic rings. The molecule has 0 fully saturated rings. The van der Waals surface area contributed by atoms with Crippen molar-refractivity contribution in [1.82, 2.24) is 14.2 Å². The maximum absolute atomic E-state index is 13.4. The molecule has 1 unspecified atom stereocenters. The summed E-state index contributed by atoms with van der Waals surface area (Å²) >= 11 is 5.78. The first kappa shape index (κ1) is 29.0. The number of nitrogens with zero attached hydrogens (tertiary/aromatic N) is 3. The normalized spacial score (nSPS) is 14.5. The number of carbonyl (C=O) groups excluding carboxylic acids is 1. The van der Waals surface area contributed by atoms with Crippen LogP contribution in [0.4, 0.5) is 33.6 Å². The summed E-state index contributed by atoms with van der Waals surface area (Å²) in [4.78, 5) is 20.1.